The summed E-state index contributed by atoms with van der Waals surface area (Å²) in [5, 5.41) is 0. The Labute approximate surface area is 197 Å². The summed E-state index contributed by atoms with van der Waals surface area (Å²) in [4.78, 5) is 15.7. The number of carbonyl (C=O) groups is 1. The highest BCUT2D eigenvalue weighted by Gasteiger charge is 2.19. The van der Waals surface area contributed by atoms with E-state index < -0.39 is 10.0 Å². The smallest absolute Gasteiger partial charge is 0.253 e. The second-order valence-corrected chi connectivity index (χ2v) is 10.2. The summed E-state index contributed by atoms with van der Waals surface area (Å²) < 4.78 is 38.9. The quantitative estimate of drug-likeness (QED) is 0.489. The lowest BCUT2D eigenvalue weighted by molar-refractivity contribution is 0.0785. The Morgan fingerprint density at radius 3 is 2.48 bits per heavy atom. The molecule has 1 aliphatic heterocycles. The molecule has 3 aromatic rings. The van der Waals surface area contributed by atoms with E-state index in [4.69, 9.17) is 9.47 Å². The number of ether oxygens (including phenoxy) is 2. The number of fused-ring (bicyclic) bond motifs is 1. The first-order valence-electron chi connectivity index (χ1n) is 10.2. The molecule has 1 heterocycles. The van der Waals surface area contributed by atoms with Gasteiger partial charge in [0, 0.05) is 30.6 Å². The molecular weight excluding hydrogens is 460 g/mol. The molecule has 0 unspecified atom stereocenters. The van der Waals surface area contributed by atoms with Gasteiger partial charge in [-0.2, -0.15) is 0 Å². The molecule has 33 heavy (non-hydrogen) atoms. The number of benzene rings is 3. The number of hydrogen-bond donors (Lipinski definition) is 1. The summed E-state index contributed by atoms with van der Waals surface area (Å²) in [5.41, 5.74) is 2.05. The number of nitrogens with one attached hydrogen (secondary N) is 1. The summed E-state index contributed by atoms with van der Waals surface area (Å²) in [5.74, 6) is 0.972. The summed E-state index contributed by atoms with van der Waals surface area (Å²) in [6.45, 7) is 0.666. The highest BCUT2D eigenvalue weighted by atomic mass is 32.2. The van der Waals surface area contributed by atoms with Crippen LogP contribution in [-0.2, 0) is 23.1 Å². The Morgan fingerprint density at radius 1 is 1.00 bits per heavy atom. The molecule has 1 amide bonds. The molecule has 0 aromatic heterocycles. The summed E-state index contributed by atoms with van der Waals surface area (Å²) in [6.07, 6.45) is 2.01. The molecule has 0 spiro atoms. The minimum Gasteiger partial charge on any atom is -0.454 e. The van der Waals surface area contributed by atoms with Gasteiger partial charge in [0.1, 0.15) is 0 Å². The van der Waals surface area contributed by atoms with Gasteiger partial charge in [0.05, 0.1) is 4.90 Å². The fraction of sp³-hybridized carbons (Fsp3) is 0.208. The molecule has 0 fully saturated rings. The molecule has 9 heteroatoms. The van der Waals surface area contributed by atoms with E-state index in [0.717, 1.165) is 16.0 Å². The van der Waals surface area contributed by atoms with Crippen LogP contribution in [-0.4, -0.2) is 39.3 Å². The fourth-order valence-electron chi connectivity index (χ4n) is 3.41. The lowest BCUT2D eigenvalue weighted by atomic mass is 10.1. The van der Waals surface area contributed by atoms with Crippen molar-refractivity contribution >= 4 is 27.7 Å². The Balaban J connectivity index is 1.43. The van der Waals surface area contributed by atoms with E-state index in [1.807, 2.05) is 30.5 Å². The highest BCUT2D eigenvalue weighted by molar-refractivity contribution is 7.98. The maximum Gasteiger partial charge on any atom is 0.253 e. The van der Waals surface area contributed by atoms with Crippen LogP contribution in [0.15, 0.2) is 76.5 Å². The minimum atomic E-state index is -3.82. The Hall–Kier alpha value is -3.01. The van der Waals surface area contributed by atoms with Gasteiger partial charge in [-0.3, -0.25) is 4.79 Å². The van der Waals surface area contributed by atoms with Gasteiger partial charge >= 0.3 is 0 Å². The lowest BCUT2D eigenvalue weighted by Crippen LogP contribution is -2.27. The van der Waals surface area contributed by atoms with Gasteiger partial charge in [0.25, 0.3) is 5.91 Å². The van der Waals surface area contributed by atoms with E-state index in [1.54, 1.807) is 54.0 Å². The first-order chi connectivity index (χ1) is 15.9. The van der Waals surface area contributed by atoms with Crippen LogP contribution in [0, 0.1) is 0 Å². The third-order valence-electron chi connectivity index (χ3n) is 5.22. The van der Waals surface area contributed by atoms with Crippen molar-refractivity contribution in [3.8, 4) is 11.5 Å². The van der Waals surface area contributed by atoms with Gasteiger partial charge < -0.3 is 14.4 Å². The van der Waals surface area contributed by atoms with Crippen LogP contribution in [0.25, 0.3) is 0 Å². The third kappa shape index (κ3) is 5.50. The van der Waals surface area contributed by atoms with E-state index in [-0.39, 0.29) is 24.1 Å². The number of thioether (sulfide) groups is 1. The van der Waals surface area contributed by atoms with Crippen LogP contribution in [0.3, 0.4) is 0 Å². The van der Waals surface area contributed by atoms with Crippen LogP contribution in [0.2, 0.25) is 0 Å². The average molecular weight is 485 g/mol. The number of nitrogens with zero attached hydrogens (tertiary/aromatic N) is 1. The molecule has 0 aliphatic carbocycles. The van der Waals surface area contributed by atoms with Crippen LogP contribution >= 0.6 is 11.8 Å². The predicted molar refractivity (Wildman–Crippen MR) is 127 cm³/mol. The zero-order valence-corrected chi connectivity index (χ0v) is 19.9. The van der Waals surface area contributed by atoms with Crippen molar-refractivity contribution in [3.05, 3.63) is 83.4 Å². The molecular formula is C24H24N2O5S2. The van der Waals surface area contributed by atoms with Gasteiger partial charge in [-0.15, -0.1) is 11.8 Å². The number of hydrogen-bond acceptors (Lipinski definition) is 6. The molecule has 0 saturated carbocycles. The first-order valence-corrected chi connectivity index (χ1v) is 12.9. The van der Waals surface area contributed by atoms with Crippen molar-refractivity contribution in [2.75, 3.05) is 20.1 Å². The maximum absolute atomic E-state index is 12.9. The number of sulfonamides is 1. The van der Waals surface area contributed by atoms with Gasteiger partial charge in [-0.05, 0) is 59.8 Å². The molecule has 7 nitrogen and oxygen atoms in total. The second kappa shape index (κ2) is 9.86. The highest BCUT2D eigenvalue weighted by Crippen LogP contribution is 2.32. The molecule has 1 aliphatic rings. The van der Waals surface area contributed by atoms with Crippen molar-refractivity contribution in [1.29, 1.82) is 0 Å². The van der Waals surface area contributed by atoms with Crippen molar-refractivity contribution in [1.82, 2.24) is 9.62 Å². The summed E-state index contributed by atoms with van der Waals surface area (Å²) >= 11 is 1.66. The minimum absolute atomic E-state index is 0.0341. The van der Waals surface area contributed by atoms with E-state index in [9.17, 15) is 13.2 Å². The van der Waals surface area contributed by atoms with Gasteiger partial charge in [-0.1, -0.05) is 24.3 Å². The summed E-state index contributed by atoms with van der Waals surface area (Å²) in [6, 6.07) is 19.3. The van der Waals surface area contributed by atoms with Gasteiger partial charge in [0.15, 0.2) is 11.5 Å². The molecule has 0 saturated heterocycles. The van der Waals surface area contributed by atoms with Crippen LogP contribution < -0.4 is 14.2 Å². The van der Waals surface area contributed by atoms with E-state index in [2.05, 4.69) is 4.72 Å². The molecule has 0 atom stereocenters. The average Bonchev–Trinajstić information content (AvgIpc) is 3.31. The fourth-order valence-corrected chi connectivity index (χ4v) is 4.88. The van der Waals surface area contributed by atoms with Crippen molar-refractivity contribution in [3.63, 3.8) is 0 Å². The van der Waals surface area contributed by atoms with Gasteiger partial charge in [-0.25, -0.2) is 13.1 Å². The molecule has 4 rings (SSSR count). The van der Waals surface area contributed by atoms with E-state index >= 15 is 0 Å². The Bertz CT molecular complexity index is 1260. The van der Waals surface area contributed by atoms with Crippen molar-refractivity contribution < 1.29 is 22.7 Å². The molecule has 0 bridgehead atoms. The van der Waals surface area contributed by atoms with E-state index in [1.165, 1.54) is 12.1 Å². The molecule has 1 N–H and O–H groups in total. The third-order valence-corrected chi connectivity index (χ3v) is 7.36. The van der Waals surface area contributed by atoms with Crippen LogP contribution in [0.4, 0.5) is 0 Å². The Kier molecular flexibility index (Phi) is 6.92. The molecule has 172 valence electrons. The molecule has 3 aromatic carbocycles. The largest absolute Gasteiger partial charge is 0.454 e. The number of carbonyl (C=O) groups excluding carboxylic acids is 1. The van der Waals surface area contributed by atoms with Crippen molar-refractivity contribution in [2.24, 2.45) is 0 Å². The zero-order chi connectivity index (χ0) is 23.4. The monoisotopic (exact) mass is 484 g/mol. The zero-order valence-electron chi connectivity index (χ0n) is 18.3. The lowest BCUT2D eigenvalue weighted by Gasteiger charge is -2.18. The maximum atomic E-state index is 12.9. The molecule has 0 radical (unpaired) electrons. The number of amides is 1. The Morgan fingerprint density at radius 2 is 1.73 bits per heavy atom. The second-order valence-electron chi connectivity index (χ2n) is 7.55. The van der Waals surface area contributed by atoms with Crippen LogP contribution in [0.1, 0.15) is 21.5 Å². The van der Waals surface area contributed by atoms with Crippen LogP contribution in [0.5, 0.6) is 11.5 Å². The standard InChI is InChI=1S/C24H24N2O5S2/c1-26(15-17-6-9-20(32-2)10-7-17)24(27)19-4-3-5-21(13-19)33(28,29)25-14-18-8-11-22-23(12-18)31-16-30-22/h3-13,25H,14-16H2,1-2H3. The normalized spacial score (nSPS) is 12.5. The van der Waals surface area contributed by atoms with Gasteiger partial charge in [0.2, 0.25) is 16.8 Å². The number of rotatable bonds is 8. The predicted octanol–water partition coefficient (Wildman–Crippen LogP) is 3.89. The van der Waals surface area contributed by atoms with E-state index in [0.29, 0.717) is 23.6 Å². The summed E-state index contributed by atoms with van der Waals surface area (Å²) in [7, 11) is -2.12. The first kappa shape index (κ1) is 23.2. The topological polar surface area (TPSA) is 84.9 Å². The van der Waals surface area contributed by atoms with Crippen molar-refractivity contribution in [2.45, 2.75) is 22.9 Å². The SMILES string of the molecule is CSc1ccc(CN(C)C(=O)c2cccc(S(=O)(=O)NCc3ccc4c(c3)OCO4)c2)cc1.